The largest absolute Gasteiger partial charge is 0.368 e. The maximum absolute atomic E-state index is 13.8. The molecule has 2 aliphatic heterocycles. The van der Waals surface area contributed by atoms with E-state index >= 15 is 0 Å². The van der Waals surface area contributed by atoms with Crippen molar-refractivity contribution in [2.24, 2.45) is 0 Å². The SMILES string of the molecule is Fc1ccc(C2(CNC(=S)Nc3nc(N4CCN(c5ccccc5)CC4)cc(N4CCc5ccccc5C4)n3)CCCCC2)cc1. The molecule has 0 amide bonds. The predicted octanol–water partition coefficient (Wildman–Crippen LogP) is 6.69. The molecule has 1 saturated heterocycles. The minimum atomic E-state index is -0.202. The Hall–Kier alpha value is -4.24. The zero-order chi connectivity index (χ0) is 31.3. The standard InChI is InChI=1S/C37H42FN7S/c38-31-15-13-30(14-16-31)37(18-7-2-8-19-37)27-39-36(46)42-35-40-33(44-23-21-43(22-24-44)32-11-3-1-4-12-32)25-34(41-35)45-20-17-28-9-5-6-10-29(28)26-45/h1,3-6,9-16,25H,2,7-8,17-24,26-27H2,(H2,39,40,41,42,46). The maximum atomic E-state index is 13.8. The molecule has 2 fully saturated rings. The lowest BCUT2D eigenvalue weighted by Crippen LogP contribution is -2.47. The molecule has 7 rings (SSSR count). The van der Waals surface area contributed by atoms with Crippen molar-refractivity contribution < 1.29 is 4.39 Å². The van der Waals surface area contributed by atoms with Gasteiger partial charge in [0.25, 0.3) is 0 Å². The third kappa shape index (κ3) is 6.79. The van der Waals surface area contributed by atoms with Gasteiger partial charge in [0.2, 0.25) is 5.95 Å². The number of benzene rings is 3. The second kappa shape index (κ2) is 13.6. The van der Waals surface area contributed by atoms with E-state index in [1.807, 2.05) is 12.1 Å². The van der Waals surface area contributed by atoms with Crippen LogP contribution in [0.1, 0.15) is 48.8 Å². The Kier molecular flexibility index (Phi) is 9.01. The van der Waals surface area contributed by atoms with Crippen molar-refractivity contribution in [2.75, 3.05) is 59.3 Å². The number of nitrogens with one attached hydrogen (secondary N) is 2. The summed E-state index contributed by atoms with van der Waals surface area (Å²) in [4.78, 5) is 17.1. The fraction of sp³-hybridized carbons (Fsp3) is 0.378. The summed E-state index contributed by atoms with van der Waals surface area (Å²) in [7, 11) is 0. The van der Waals surface area contributed by atoms with Gasteiger partial charge in [-0.3, -0.25) is 0 Å². The van der Waals surface area contributed by atoms with E-state index in [0.717, 1.165) is 83.0 Å². The molecule has 3 aromatic carbocycles. The summed E-state index contributed by atoms with van der Waals surface area (Å²) in [6.45, 7) is 5.99. The summed E-state index contributed by atoms with van der Waals surface area (Å²) < 4.78 is 13.8. The molecule has 0 bridgehead atoms. The van der Waals surface area contributed by atoms with Gasteiger partial charge in [-0.05, 0) is 72.4 Å². The maximum Gasteiger partial charge on any atom is 0.232 e. The molecule has 238 valence electrons. The van der Waals surface area contributed by atoms with Crippen LogP contribution in [0, 0.1) is 5.82 Å². The molecule has 0 unspecified atom stereocenters. The van der Waals surface area contributed by atoms with Crippen LogP contribution in [-0.4, -0.2) is 54.3 Å². The highest BCUT2D eigenvalue weighted by atomic mass is 32.1. The summed E-state index contributed by atoms with van der Waals surface area (Å²) in [5, 5.41) is 7.36. The van der Waals surface area contributed by atoms with Crippen molar-refractivity contribution in [3.8, 4) is 0 Å². The fourth-order valence-electron chi connectivity index (χ4n) is 7.32. The van der Waals surface area contributed by atoms with Crippen LogP contribution < -0.4 is 25.3 Å². The lowest BCUT2D eigenvalue weighted by molar-refractivity contribution is 0.292. The molecular weight excluding hydrogens is 594 g/mol. The van der Waals surface area contributed by atoms with Gasteiger partial charge in [-0.2, -0.15) is 9.97 Å². The third-order valence-electron chi connectivity index (χ3n) is 9.96. The summed E-state index contributed by atoms with van der Waals surface area (Å²) in [5.41, 5.74) is 5.10. The highest BCUT2D eigenvalue weighted by molar-refractivity contribution is 7.80. The van der Waals surface area contributed by atoms with Crippen molar-refractivity contribution in [1.29, 1.82) is 0 Å². The van der Waals surface area contributed by atoms with Crippen molar-refractivity contribution >= 4 is 40.6 Å². The van der Waals surface area contributed by atoms with E-state index in [1.165, 1.54) is 28.8 Å². The smallest absolute Gasteiger partial charge is 0.232 e. The molecule has 0 radical (unpaired) electrons. The summed E-state index contributed by atoms with van der Waals surface area (Å²) in [5.74, 6) is 2.13. The van der Waals surface area contributed by atoms with Gasteiger partial charge < -0.3 is 25.3 Å². The number of para-hydroxylation sites is 1. The van der Waals surface area contributed by atoms with Gasteiger partial charge in [-0.15, -0.1) is 0 Å². The molecule has 0 spiro atoms. The Bertz CT molecular complexity index is 1630. The molecule has 9 heteroatoms. The van der Waals surface area contributed by atoms with E-state index in [1.54, 1.807) is 12.1 Å². The second-order valence-electron chi connectivity index (χ2n) is 12.8. The Morgan fingerprint density at radius 3 is 2.13 bits per heavy atom. The van der Waals surface area contributed by atoms with E-state index in [9.17, 15) is 4.39 Å². The number of halogens is 1. The van der Waals surface area contributed by atoms with Crippen LogP contribution >= 0.6 is 12.2 Å². The molecule has 46 heavy (non-hydrogen) atoms. The fourth-order valence-corrected chi connectivity index (χ4v) is 7.48. The number of piperazine rings is 1. The number of hydrogen-bond donors (Lipinski definition) is 2. The number of rotatable bonds is 7. The van der Waals surface area contributed by atoms with Crippen molar-refractivity contribution in [3.05, 3.63) is 107 Å². The van der Waals surface area contributed by atoms with E-state index in [2.05, 4.69) is 86.0 Å². The molecule has 4 aromatic rings. The van der Waals surface area contributed by atoms with Gasteiger partial charge >= 0.3 is 0 Å². The molecule has 2 N–H and O–H groups in total. The molecular formula is C37H42FN7S. The predicted molar refractivity (Wildman–Crippen MR) is 189 cm³/mol. The number of hydrogen-bond acceptors (Lipinski definition) is 6. The van der Waals surface area contributed by atoms with Crippen LogP contribution in [-0.2, 0) is 18.4 Å². The molecule has 0 atom stereocenters. The Balaban J connectivity index is 1.10. The minimum Gasteiger partial charge on any atom is -0.368 e. The first-order valence-electron chi connectivity index (χ1n) is 16.6. The van der Waals surface area contributed by atoms with Crippen molar-refractivity contribution in [1.82, 2.24) is 15.3 Å². The zero-order valence-corrected chi connectivity index (χ0v) is 27.1. The second-order valence-corrected chi connectivity index (χ2v) is 13.2. The van der Waals surface area contributed by atoms with Crippen molar-refractivity contribution in [2.45, 2.75) is 50.5 Å². The van der Waals surface area contributed by atoms with Crippen LogP contribution in [0.2, 0.25) is 0 Å². The average molecular weight is 636 g/mol. The quantitative estimate of drug-likeness (QED) is 0.218. The molecule has 3 aliphatic rings. The van der Waals surface area contributed by atoms with E-state index in [0.29, 0.717) is 17.6 Å². The normalized spacial score (nSPS) is 17.7. The Morgan fingerprint density at radius 1 is 0.739 bits per heavy atom. The zero-order valence-electron chi connectivity index (χ0n) is 26.3. The van der Waals surface area contributed by atoms with Crippen LogP contribution in [0.15, 0.2) is 84.9 Å². The monoisotopic (exact) mass is 635 g/mol. The minimum absolute atomic E-state index is 0.0782. The number of fused-ring (bicyclic) bond motifs is 1. The van der Waals surface area contributed by atoms with Gasteiger partial charge in [0.1, 0.15) is 17.5 Å². The number of anilines is 4. The van der Waals surface area contributed by atoms with Crippen LogP contribution in [0.4, 0.5) is 27.7 Å². The Morgan fingerprint density at radius 2 is 1.39 bits per heavy atom. The van der Waals surface area contributed by atoms with E-state index in [-0.39, 0.29) is 11.2 Å². The molecule has 7 nitrogen and oxygen atoms in total. The topological polar surface area (TPSA) is 59.6 Å². The first-order valence-corrected chi connectivity index (χ1v) is 17.0. The molecule has 3 heterocycles. The number of nitrogens with zero attached hydrogens (tertiary/aromatic N) is 5. The van der Waals surface area contributed by atoms with Gasteiger partial charge in [0.15, 0.2) is 5.11 Å². The first-order chi connectivity index (χ1) is 22.5. The van der Waals surface area contributed by atoms with Crippen LogP contribution in [0.5, 0.6) is 0 Å². The Labute approximate surface area is 276 Å². The summed E-state index contributed by atoms with van der Waals surface area (Å²) in [6, 6.07) is 28.4. The van der Waals surface area contributed by atoms with E-state index in [4.69, 9.17) is 22.2 Å². The molecule has 1 saturated carbocycles. The summed E-state index contributed by atoms with van der Waals surface area (Å²) >= 11 is 5.85. The first kappa shape index (κ1) is 30.4. The number of thiocarbonyl (C=S) groups is 1. The summed E-state index contributed by atoms with van der Waals surface area (Å²) in [6.07, 6.45) is 6.63. The van der Waals surface area contributed by atoms with Gasteiger partial charge in [0, 0.05) is 63.0 Å². The van der Waals surface area contributed by atoms with Gasteiger partial charge in [-0.1, -0.05) is 73.9 Å². The highest BCUT2D eigenvalue weighted by Crippen LogP contribution is 2.39. The molecule has 1 aliphatic carbocycles. The number of aromatic nitrogens is 2. The van der Waals surface area contributed by atoms with Gasteiger partial charge in [-0.25, -0.2) is 4.39 Å². The average Bonchev–Trinajstić information content (AvgIpc) is 3.11. The van der Waals surface area contributed by atoms with E-state index < -0.39 is 0 Å². The third-order valence-corrected chi connectivity index (χ3v) is 10.2. The van der Waals surface area contributed by atoms with Crippen LogP contribution in [0.25, 0.3) is 0 Å². The molecule has 1 aromatic heterocycles. The lowest BCUT2D eigenvalue weighted by atomic mass is 9.69. The van der Waals surface area contributed by atoms with Crippen molar-refractivity contribution in [3.63, 3.8) is 0 Å². The lowest BCUT2D eigenvalue weighted by Gasteiger charge is -2.38. The van der Waals surface area contributed by atoms with Crippen LogP contribution in [0.3, 0.4) is 0 Å². The van der Waals surface area contributed by atoms with Gasteiger partial charge in [0.05, 0.1) is 0 Å². The highest BCUT2D eigenvalue weighted by Gasteiger charge is 2.34.